The largest absolute Gasteiger partial charge is 0.493 e. The Morgan fingerprint density at radius 2 is 1.41 bits per heavy atom. The van der Waals surface area contributed by atoms with E-state index in [0.717, 1.165) is 0 Å². The maximum atomic E-state index is 12.4. The van der Waals surface area contributed by atoms with Crippen molar-refractivity contribution in [3.63, 3.8) is 0 Å². The first kappa shape index (κ1) is 26.0. The lowest BCUT2D eigenvalue weighted by molar-refractivity contribution is -0.146. The van der Waals surface area contributed by atoms with Crippen LogP contribution in [-0.4, -0.2) is 66.0 Å². The smallest absolute Gasteiger partial charge is 0.339 e. The molecular formula is C23H25NO10. The highest BCUT2D eigenvalue weighted by atomic mass is 16.5. The monoisotopic (exact) mass is 475 g/mol. The van der Waals surface area contributed by atoms with Crippen LogP contribution < -0.4 is 19.5 Å². The lowest BCUT2D eigenvalue weighted by atomic mass is 10.1. The Bertz CT molecular complexity index is 1050. The number of carbonyl (C=O) groups is 4. The summed E-state index contributed by atoms with van der Waals surface area (Å²) in [4.78, 5) is 48.4. The third-order valence-electron chi connectivity index (χ3n) is 4.56. The van der Waals surface area contributed by atoms with Crippen molar-refractivity contribution in [3.05, 3.63) is 47.0 Å². The number of hydrogen-bond donors (Lipinski definition) is 1. The second-order valence-electron chi connectivity index (χ2n) is 6.66. The van der Waals surface area contributed by atoms with Gasteiger partial charge in [-0.25, -0.2) is 9.59 Å². The van der Waals surface area contributed by atoms with Gasteiger partial charge in [-0.3, -0.25) is 9.59 Å². The highest BCUT2D eigenvalue weighted by molar-refractivity contribution is 6.04. The van der Waals surface area contributed by atoms with E-state index in [1.54, 1.807) is 12.1 Å². The Labute approximate surface area is 195 Å². The molecule has 0 heterocycles. The molecule has 2 rings (SSSR count). The molecule has 2 aromatic carbocycles. The number of benzene rings is 2. The molecule has 0 spiro atoms. The number of hydrogen-bond acceptors (Lipinski definition) is 10. The van der Waals surface area contributed by atoms with Crippen LogP contribution in [-0.2, 0) is 30.2 Å². The average molecular weight is 475 g/mol. The minimum Gasteiger partial charge on any atom is -0.493 e. The molecule has 0 bridgehead atoms. The summed E-state index contributed by atoms with van der Waals surface area (Å²) in [6.07, 6.45) is -0.171. The lowest BCUT2D eigenvalue weighted by Gasteiger charge is -2.14. The molecule has 1 amide bonds. The van der Waals surface area contributed by atoms with Gasteiger partial charge in [-0.1, -0.05) is 0 Å². The third-order valence-corrected chi connectivity index (χ3v) is 4.56. The fourth-order valence-electron chi connectivity index (χ4n) is 2.97. The Balaban J connectivity index is 2.08. The number of esters is 3. The zero-order valence-electron chi connectivity index (χ0n) is 19.4. The van der Waals surface area contributed by atoms with Crippen LogP contribution in [0.2, 0.25) is 0 Å². The van der Waals surface area contributed by atoms with Crippen LogP contribution in [0.5, 0.6) is 17.2 Å². The van der Waals surface area contributed by atoms with Crippen LogP contribution in [0.3, 0.4) is 0 Å². The van der Waals surface area contributed by atoms with Crippen LogP contribution in [0.25, 0.3) is 0 Å². The summed E-state index contributed by atoms with van der Waals surface area (Å²) in [5, 5.41) is 2.43. The van der Waals surface area contributed by atoms with Gasteiger partial charge in [0.15, 0.2) is 18.1 Å². The summed E-state index contributed by atoms with van der Waals surface area (Å²) in [6.45, 7) is -0.633. The van der Waals surface area contributed by atoms with E-state index in [4.69, 9.17) is 18.9 Å². The quantitative estimate of drug-likeness (QED) is 0.401. The summed E-state index contributed by atoms with van der Waals surface area (Å²) in [7, 11) is 6.72. The molecule has 0 aliphatic rings. The Morgan fingerprint density at radius 3 is 1.94 bits per heavy atom. The standard InChI is InChI=1S/C23H25NO10/c1-29-17-8-13(9-18(30-2)21(17)31-3)10-20(26)34-12-19(25)24-16-11-14(22(27)32-4)6-7-15(16)23(28)33-5/h6-9,11H,10,12H2,1-5H3,(H,24,25). The summed E-state index contributed by atoms with van der Waals surface area (Å²) < 4.78 is 30.1. The van der Waals surface area contributed by atoms with Crippen molar-refractivity contribution in [1.29, 1.82) is 0 Å². The average Bonchev–Trinajstić information content (AvgIpc) is 2.85. The minimum atomic E-state index is -0.731. The molecule has 2 aromatic rings. The van der Waals surface area contributed by atoms with E-state index < -0.39 is 30.4 Å². The fraction of sp³-hybridized carbons (Fsp3) is 0.304. The molecule has 0 atom stereocenters. The molecule has 0 radical (unpaired) electrons. The summed E-state index contributed by atoms with van der Waals surface area (Å²) >= 11 is 0. The molecule has 1 N–H and O–H groups in total. The van der Waals surface area contributed by atoms with Crippen molar-refractivity contribution >= 4 is 29.5 Å². The van der Waals surface area contributed by atoms with Gasteiger partial charge in [0.2, 0.25) is 5.75 Å². The number of nitrogens with one attached hydrogen (secondary N) is 1. The highest BCUT2D eigenvalue weighted by Gasteiger charge is 2.19. The molecule has 0 saturated carbocycles. The SMILES string of the molecule is COC(=O)c1ccc(C(=O)OC)c(NC(=O)COC(=O)Cc2cc(OC)c(OC)c(OC)c2)c1. The van der Waals surface area contributed by atoms with Gasteiger partial charge >= 0.3 is 17.9 Å². The zero-order valence-corrected chi connectivity index (χ0v) is 19.4. The van der Waals surface area contributed by atoms with Crippen molar-refractivity contribution in [3.8, 4) is 17.2 Å². The van der Waals surface area contributed by atoms with E-state index in [-0.39, 0.29) is 23.2 Å². The van der Waals surface area contributed by atoms with E-state index in [1.165, 1.54) is 53.7 Å². The Hall–Kier alpha value is -4.28. The maximum Gasteiger partial charge on any atom is 0.339 e. The molecule has 182 valence electrons. The number of methoxy groups -OCH3 is 5. The van der Waals surface area contributed by atoms with Crippen molar-refractivity contribution < 1.29 is 47.6 Å². The van der Waals surface area contributed by atoms with Gasteiger partial charge in [0.25, 0.3) is 5.91 Å². The predicted molar refractivity (Wildman–Crippen MR) is 119 cm³/mol. The molecule has 0 aromatic heterocycles. The van der Waals surface area contributed by atoms with Gasteiger partial charge in [-0.05, 0) is 35.9 Å². The highest BCUT2D eigenvalue weighted by Crippen LogP contribution is 2.38. The van der Waals surface area contributed by atoms with Gasteiger partial charge in [0, 0.05) is 0 Å². The summed E-state index contributed by atoms with van der Waals surface area (Å²) in [6, 6.07) is 7.09. The number of ether oxygens (including phenoxy) is 6. The minimum absolute atomic E-state index is 0.000395. The zero-order chi connectivity index (χ0) is 25.3. The second-order valence-corrected chi connectivity index (χ2v) is 6.66. The molecule has 0 aliphatic carbocycles. The van der Waals surface area contributed by atoms with Crippen LogP contribution in [0, 0.1) is 0 Å². The van der Waals surface area contributed by atoms with Crippen molar-refractivity contribution in [2.75, 3.05) is 47.5 Å². The van der Waals surface area contributed by atoms with Crippen LogP contribution in [0.15, 0.2) is 30.3 Å². The van der Waals surface area contributed by atoms with Crippen molar-refractivity contribution in [1.82, 2.24) is 0 Å². The molecule has 0 aliphatic heterocycles. The second kappa shape index (κ2) is 12.1. The van der Waals surface area contributed by atoms with E-state index in [1.807, 2.05) is 0 Å². The molecule has 0 unspecified atom stereocenters. The number of anilines is 1. The van der Waals surface area contributed by atoms with Gasteiger partial charge in [-0.2, -0.15) is 0 Å². The maximum absolute atomic E-state index is 12.4. The third kappa shape index (κ3) is 6.37. The lowest BCUT2D eigenvalue weighted by Crippen LogP contribution is -2.23. The topological polar surface area (TPSA) is 136 Å². The number of amides is 1. The molecule has 11 nitrogen and oxygen atoms in total. The molecule has 0 saturated heterocycles. The number of carbonyl (C=O) groups excluding carboxylic acids is 4. The summed E-state index contributed by atoms with van der Waals surface area (Å²) in [5.41, 5.74) is 0.621. The van der Waals surface area contributed by atoms with Gasteiger partial charge in [0.1, 0.15) is 0 Å². The Morgan fingerprint density at radius 1 is 0.794 bits per heavy atom. The van der Waals surface area contributed by atoms with Gasteiger partial charge < -0.3 is 33.7 Å². The normalized spacial score (nSPS) is 10.0. The van der Waals surface area contributed by atoms with Crippen LogP contribution >= 0.6 is 0 Å². The predicted octanol–water partition coefficient (Wildman–Crippen LogP) is 2.01. The molecule has 11 heteroatoms. The molecule has 34 heavy (non-hydrogen) atoms. The number of rotatable bonds is 10. The van der Waals surface area contributed by atoms with Crippen LogP contribution in [0.4, 0.5) is 5.69 Å². The fourth-order valence-corrected chi connectivity index (χ4v) is 2.97. The van der Waals surface area contributed by atoms with E-state index >= 15 is 0 Å². The van der Waals surface area contributed by atoms with Gasteiger partial charge in [0.05, 0.1) is 58.8 Å². The van der Waals surface area contributed by atoms with Gasteiger partial charge in [-0.15, -0.1) is 0 Å². The van der Waals surface area contributed by atoms with Crippen molar-refractivity contribution in [2.24, 2.45) is 0 Å². The van der Waals surface area contributed by atoms with Crippen LogP contribution in [0.1, 0.15) is 26.3 Å². The first-order valence-electron chi connectivity index (χ1n) is 9.82. The molecular weight excluding hydrogens is 450 g/mol. The first-order chi connectivity index (χ1) is 16.3. The Kier molecular flexibility index (Phi) is 9.24. The van der Waals surface area contributed by atoms with Crippen molar-refractivity contribution in [2.45, 2.75) is 6.42 Å². The molecule has 0 fully saturated rings. The van der Waals surface area contributed by atoms with E-state index in [2.05, 4.69) is 14.8 Å². The van der Waals surface area contributed by atoms with E-state index in [9.17, 15) is 19.2 Å². The first-order valence-corrected chi connectivity index (χ1v) is 9.82. The van der Waals surface area contributed by atoms with E-state index in [0.29, 0.717) is 22.8 Å². The summed E-state index contributed by atoms with van der Waals surface area (Å²) in [5.74, 6) is -1.72.